The number of carbonyl (C=O) groups is 1. The Labute approximate surface area is 226 Å². The van der Waals surface area contributed by atoms with Crippen LogP contribution in [0.25, 0.3) is 32.8 Å². The Hall–Kier alpha value is -4.43. The molecule has 198 valence electrons. The summed E-state index contributed by atoms with van der Waals surface area (Å²) in [5, 5.41) is 7.96. The van der Waals surface area contributed by atoms with Gasteiger partial charge in [-0.1, -0.05) is 42.5 Å². The molecule has 0 spiro atoms. The summed E-state index contributed by atoms with van der Waals surface area (Å²) in [5.74, 6) is 0.896. The maximum Gasteiger partial charge on any atom is 0.310 e. The van der Waals surface area contributed by atoms with Crippen LogP contribution in [0.4, 0.5) is 5.82 Å². The van der Waals surface area contributed by atoms with Gasteiger partial charge in [0.15, 0.2) is 0 Å². The summed E-state index contributed by atoms with van der Waals surface area (Å²) >= 11 is 0. The fraction of sp³-hybridized carbons (Fsp3) is 0.258. The molecule has 1 saturated carbocycles. The summed E-state index contributed by atoms with van der Waals surface area (Å²) in [4.78, 5) is 16.4. The van der Waals surface area contributed by atoms with E-state index in [-0.39, 0.29) is 24.5 Å². The van der Waals surface area contributed by atoms with Crippen molar-refractivity contribution in [2.24, 2.45) is 5.73 Å². The van der Waals surface area contributed by atoms with E-state index in [4.69, 9.17) is 26.0 Å². The van der Waals surface area contributed by atoms with Gasteiger partial charge in [-0.2, -0.15) is 5.10 Å². The van der Waals surface area contributed by atoms with Crippen LogP contribution in [0, 0.1) is 0 Å². The van der Waals surface area contributed by atoms with Gasteiger partial charge in [0.1, 0.15) is 18.2 Å². The number of carbonyl (C=O) groups excluding carboxylic acids is 1. The number of pyridine rings is 1. The van der Waals surface area contributed by atoms with Crippen LogP contribution in [0.1, 0.15) is 37.1 Å². The van der Waals surface area contributed by atoms with Gasteiger partial charge in [-0.25, -0.2) is 4.98 Å². The lowest BCUT2D eigenvalue weighted by Gasteiger charge is -2.33. The smallest absolute Gasteiger partial charge is 0.310 e. The van der Waals surface area contributed by atoms with Crippen LogP contribution in [-0.4, -0.2) is 33.4 Å². The molecule has 0 unspecified atom stereocenters. The third-order valence-electron chi connectivity index (χ3n) is 7.42. The third-order valence-corrected chi connectivity index (χ3v) is 7.42. The van der Waals surface area contributed by atoms with E-state index >= 15 is 0 Å². The number of aromatic nitrogens is 3. The highest BCUT2D eigenvalue weighted by atomic mass is 16.5. The van der Waals surface area contributed by atoms with Crippen LogP contribution in [-0.2, 0) is 22.6 Å². The van der Waals surface area contributed by atoms with Crippen molar-refractivity contribution >= 4 is 33.5 Å². The molecule has 5 aromatic rings. The SMILES string of the molecule is CCOC(=O)Cc1ccccc1OCc1c2cc(-c3cccc4c(N)nccc34)ccc2nn1C1CC(N)C1. The summed E-state index contributed by atoms with van der Waals surface area (Å²) < 4.78 is 13.6. The van der Waals surface area contributed by atoms with E-state index in [9.17, 15) is 4.79 Å². The summed E-state index contributed by atoms with van der Waals surface area (Å²) in [6.07, 6.45) is 3.65. The van der Waals surface area contributed by atoms with Gasteiger partial charge in [0.25, 0.3) is 0 Å². The quantitative estimate of drug-likeness (QED) is 0.270. The van der Waals surface area contributed by atoms with Crippen LogP contribution in [0.3, 0.4) is 0 Å². The first-order valence-electron chi connectivity index (χ1n) is 13.3. The lowest BCUT2D eigenvalue weighted by molar-refractivity contribution is -0.142. The van der Waals surface area contributed by atoms with Gasteiger partial charge in [0.2, 0.25) is 0 Å². The molecule has 0 atom stereocenters. The molecule has 8 nitrogen and oxygen atoms in total. The predicted molar refractivity (Wildman–Crippen MR) is 152 cm³/mol. The Morgan fingerprint density at radius 1 is 1.03 bits per heavy atom. The molecule has 8 heteroatoms. The van der Waals surface area contributed by atoms with Gasteiger partial charge in [0, 0.05) is 28.6 Å². The molecule has 0 aliphatic heterocycles. The van der Waals surface area contributed by atoms with E-state index in [2.05, 4.69) is 33.9 Å². The molecule has 2 heterocycles. The number of nitrogens with two attached hydrogens (primary N) is 2. The number of esters is 1. The van der Waals surface area contributed by atoms with Crippen molar-refractivity contribution in [2.75, 3.05) is 12.3 Å². The van der Waals surface area contributed by atoms with Gasteiger partial charge >= 0.3 is 5.97 Å². The molecule has 0 saturated heterocycles. The summed E-state index contributed by atoms with van der Waals surface area (Å²) in [6, 6.07) is 22.4. The number of nitrogens with zero attached hydrogens (tertiary/aromatic N) is 3. The number of rotatable bonds is 8. The number of nitrogen functional groups attached to an aromatic ring is 1. The van der Waals surface area contributed by atoms with Crippen LogP contribution in [0.15, 0.2) is 72.9 Å². The lowest BCUT2D eigenvalue weighted by Crippen LogP contribution is -2.38. The average Bonchev–Trinajstić information content (AvgIpc) is 3.28. The summed E-state index contributed by atoms with van der Waals surface area (Å²) in [6.45, 7) is 2.45. The number of hydrogen-bond acceptors (Lipinski definition) is 7. The standard InChI is InChI=1S/C31H31N5O3/c1-2-38-30(37)15-20-6-3-4-9-29(20)39-18-28-26-14-19(10-11-27(26)35-36(28)22-16-21(32)17-22)23-7-5-8-25-24(23)12-13-34-31(25)33/h3-14,21-22H,2,15-18,32H2,1H3,(H2,33,34). The van der Waals surface area contributed by atoms with Crippen molar-refractivity contribution in [1.82, 2.24) is 14.8 Å². The van der Waals surface area contributed by atoms with Crippen molar-refractivity contribution < 1.29 is 14.3 Å². The van der Waals surface area contributed by atoms with Crippen molar-refractivity contribution in [3.05, 3.63) is 84.2 Å². The van der Waals surface area contributed by atoms with E-state index in [1.165, 1.54) is 0 Å². The van der Waals surface area contributed by atoms with Gasteiger partial charge in [-0.15, -0.1) is 0 Å². The molecular formula is C31H31N5O3. The minimum Gasteiger partial charge on any atom is -0.487 e. The molecule has 0 bridgehead atoms. The normalized spacial score (nSPS) is 16.8. The van der Waals surface area contributed by atoms with Gasteiger partial charge in [-0.3, -0.25) is 9.48 Å². The molecule has 4 N–H and O–H groups in total. The number of ether oxygens (including phenoxy) is 2. The second-order valence-electron chi connectivity index (χ2n) is 9.98. The maximum atomic E-state index is 12.2. The first kappa shape index (κ1) is 24.9. The molecule has 3 aromatic carbocycles. The zero-order valence-electron chi connectivity index (χ0n) is 21.8. The van der Waals surface area contributed by atoms with Crippen molar-refractivity contribution in [2.45, 2.75) is 44.9 Å². The number of anilines is 1. The Morgan fingerprint density at radius 3 is 2.69 bits per heavy atom. The molecule has 39 heavy (non-hydrogen) atoms. The van der Waals surface area contributed by atoms with E-state index in [1.807, 2.05) is 42.5 Å². The Kier molecular flexibility index (Phi) is 6.62. The number of para-hydroxylation sites is 1. The highest BCUT2D eigenvalue weighted by molar-refractivity contribution is 6.02. The molecule has 1 aliphatic carbocycles. The maximum absolute atomic E-state index is 12.2. The molecule has 1 aliphatic rings. The topological polar surface area (TPSA) is 118 Å². The van der Waals surface area contributed by atoms with E-state index < -0.39 is 0 Å². The van der Waals surface area contributed by atoms with E-state index in [0.29, 0.717) is 24.8 Å². The first-order valence-corrected chi connectivity index (χ1v) is 13.3. The minimum atomic E-state index is -0.275. The van der Waals surface area contributed by atoms with Crippen molar-refractivity contribution in [3.8, 4) is 16.9 Å². The molecule has 6 rings (SSSR count). The number of hydrogen-bond donors (Lipinski definition) is 2. The van der Waals surface area contributed by atoms with Gasteiger partial charge in [0.05, 0.1) is 30.3 Å². The monoisotopic (exact) mass is 521 g/mol. The summed E-state index contributed by atoms with van der Waals surface area (Å²) in [7, 11) is 0. The van der Waals surface area contributed by atoms with Crippen LogP contribution >= 0.6 is 0 Å². The lowest BCUT2D eigenvalue weighted by atomic mass is 9.87. The van der Waals surface area contributed by atoms with E-state index in [1.54, 1.807) is 13.1 Å². The van der Waals surface area contributed by atoms with Crippen molar-refractivity contribution in [1.29, 1.82) is 0 Å². The second kappa shape index (κ2) is 10.4. The fourth-order valence-corrected chi connectivity index (χ4v) is 5.38. The highest BCUT2D eigenvalue weighted by Crippen LogP contribution is 2.37. The predicted octanol–water partition coefficient (Wildman–Crippen LogP) is 5.18. The zero-order chi connectivity index (χ0) is 26.9. The Bertz CT molecular complexity index is 1670. The van der Waals surface area contributed by atoms with E-state index in [0.717, 1.165) is 56.9 Å². The van der Waals surface area contributed by atoms with Crippen molar-refractivity contribution in [3.63, 3.8) is 0 Å². The molecular weight excluding hydrogens is 490 g/mol. The molecule has 0 radical (unpaired) electrons. The number of benzene rings is 3. The summed E-state index contributed by atoms with van der Waals surface area (Å²) in [5.41, 5.74) is 17.1. The van der Waals surface area contributed by atoms with Gasteiger partial charge in [-0.05, 0) is 60.5 Å². The first-order chi connectivity index (χ1) is 19.0. The fourth-order valence-electron chi connectivity index (χ4n) is 5.38. The second-order valence-corrected chi connectivity index (χ2v) is 9.98. The Morgan fingerprint density at radius 2 is 1.87 bits per heavy atom. The molecule has 2 aromatic heterocycles. The third kappa shape index (κ3) is 4.79. The average molecular weight is 522 g/mol. The van der Waals surface area contributed by atoms with Crippen LogP contribution < -0.4 is 16.2 Å². The highest BCUT2D eigenvalue weighted by Gasteiger charge is 2.31. The zero-order valence-corrected chi connectivity index (χ0v) is 21.8. The Balaban J connectivity index is 1.39. The largest absolute Gasteiger partial charge is 0.487 e. The molecule has 1 fully saturated rings. The van der Waals surface area contributed by atoms with Crippen LogP contribution in [0.5, 0.6) is 5.75 Å². The number of fused-ring (bicyclic) bond motifs is 2. The van der Waals surface area contributed by atoms with Gasteiger partial charge < -0.3 is 20.9 Å². The molecule has 0 amide bonds. The van der Waals surface area contributed by atoms with Crippen LogP contribution in [0.2, 0.25) is 0 Å². The minimum absolute atomic E-state index is 0.157.